The first kappa shape index (κ1) is 65.9. The van der Waals surface area contributed by atoms with Crippen LogP contribution in [0, 0.1) is 11.8 Å². The number of aromatic nitrogens is 1. The van der Waals surface area contributed by atoms with Gasteiger partial charge in [0.2, 0.25) is 5.91 Å². The molecule has 6 heterocycles. The number of hydrogen-bond donors (Lipinski definition) is 4. The third-order valence-electron chi connectivity index (χ3n) is 14.6. The van der Waals surface area contributed by atoms with Gasteiger partial charge in [0, 0.05) is 24.0 Å². The first-order chi connectivity index (χ1) is 39.9. The SMILES string of the molecule is CCC(CC)COC(=O)C(C)NP(=O)(OCC1O[C@@H](N2C=CCC(C(N)=O)=C2)[C@@H]2OC(C)(C)O[C@H]12)Oc1ccccc1.CCC(CC)COC(=O)C(C)NP(=O)(OCC1O[C@@H]([n+]2cccc(C(N)=O)c2)[C@@H]2OC(C)(C)O[C@H]12)Oc1ccccc1. The Balaban J connectivity index is 0.000000241. The maximum absolute atomic E-state index is 14.1. The molecule has 24 nitrogen and oxygen atoms in total. The zero-order valence-corrected chi connectivity index (χ0v) is 51.2. The summed E-state index contributed by atoms with van der Waals surface area (Å²) in [6.45, 7) is 18.5. The minimum absolute atomic E-state index is 0.215. The Hall–Kier alpha value is -5.59. The summed E-state index contributed by atoms with van der Waals surface area (Å²) in [6, 6.07) is 18.3. The van der Waals surface area contributed by atoms with E-state index in [1.54, 1.807) is 148 Å². The van der Waals surface area contributed by atoms with Gasteiger partial charge in [0.1, 0.15) is 59.7 Å². The molecule has 8 rings (SSSR count). The molecule has 0 saturated carbocycles. The maximum Gasteiger partial charge on any atom is 0.459 e. The quantitative estimate of drug-likeness (QED) is 0.0308. The minimum atomic E-state index is -4.14. The van der Waals surface area contributed by atoms with E-state index in [1.165, 1.54) is 6.92 Å². The highest BCUT2D eigenvalue weighted by atomic mass is 31.2. The van der Waals surface area contributed by atoms with Crippen molar-refractivity contribution in [2.45, 2.75) is 174 Å². The highest BCUT2D eigenvalue weighted by Gasteiger charge is 2.60. The van der Waals surface area contributed by atoms with E-state index in [9.17, 15) is 28.3 Å². The number of esters is 2. The van der Waals surface area contributed by atoms with Gasteiger partial charge in [0.05, 0.1) is 26.4 Å². The lowest BCUT2D eigenvalue weighted by Gasteiger charge is -2.31. The van der Waals surface area contributed by atoms with Crippen molar-refractivity contribution in [1.29, 1.82) is 0 Å². The van der Waals surface area contributed by atoms with Crippen molar-refractivity contribution >= 4 is 39.2 Å². The van der Waals surface area contributed by atoms with E-state index >= 15 is 0 Å². The molecule has 5 aliphatic rings. The molecule has 6 unspecified atom stereocenters. The van der Waals surface area contributed by atoms with Gasteiger partial charge >= 0.3 is 27.4 Å². The standard InChI is InChI=1S/C29H42N3O9P.C29H40N3O9P/c2*1-6-20(7-2)17-36-28(34)19(3)31-42(35,41-22-13-9-8-10-14-22)37-18-23-24-25(40-29(4,5)39-24)27(38-23)32-15-11-12-21(16-32)26(30)33/h8-11,13-16,19-20,23-25,27H,6-7,12,17-18H2,1-5H3,(H2,30,33)(H,31,35);8-16,19-20,23-25,27H,6-7,17-18H2,1-5H3,(H2-,30,31,33,35)/p+1/t2*19?,23?,24-,25-,27-,42?/m11/s1. The first-order valence-electron chi connectivity index (χ1n) is 28.5. The number of carbonyl (C=O) groups excluding carboxylic acids is 4. The van der Waals surface area contributed by atoms with Crippen molar-refractivity contribution in [1.82, 2.24) is 15.1 Å². The maximum atomic E-state index is 14.1. The lowest BCUT2D eigenvalue weighted by atomic mass is 10.1. The van der Waals surface area contributed by atoms with Crippen molar-refractivity contribution in [2.75, 3.05) is 26.4 Å². The largest absolute Gasteiger partial charge is 0.464 e. The molecule has 84 heavy (non-hydrogen) atoms. The Labute approximate surface area is 491 Å². The predicted octanol–water partition coefficient (Wildman–Crippen LogP) is 7.63. The van der Waals surface area contributed by atoms with Crippen LogP contribution in [0.5, 0.6) is 11.5 Å². The van der Waals surface area contributed by atoms with E-state index in [-0.39, 0.29) is 49.8 Å². The monoisotopic (exact) mass is 1210 g/mol. The van der Waals surface area contributed by atoms with Crippen LogP contribution in [0.2, 0.25) is 0 Å². The van der Waals surface area contributed by atoms with E-state index in [0.29, 0.717) is 17.6 Å². The molecule has 0 aliphatic carbocycles. The number of amides is 2. The average Bonchev–Trinajstić information content (AvgIpc) is 2.60. The number of nitrogens with one attached hydrogen (secondary N) is 2. The Morgan fingerprint density at radius 3 is 1.60 bits per heavy atom. The van der Waals surface area contributed by atoms with E-state index in [1.807, 2.05) is 27.7 Å². The van der Waals surface area contributed by atoms with Crippen LogP contribution in [-0.4, -0.2) is 122 Å². The topological polar surface area (TPSA) is 296 Å². The van der Waals surface area contributed by atoms with Crippen molar-refractivity contribution in [3.05, 3.63) is 115 Å². The number of para-hydroxylation sites is 2. The van der Waals surface area contributed by atoms with Gasteiger partial charge in [0.25, 0.3) is 12.1 Å². The molecule has 4 fully saturated rings. The number of allylic oxidation sites excluding steroid dienone is 1. The molecule has 2 amide bonds. The second-order valence-electron chi connectivity index (χ2n) is 21.9. The molecule has 12 atom stereocenters. The van der Waals surface area contributed by atoms with E-state index < -0.39 is 112 Å². The summed E-state index contributed by atoms with van der Waals surface area (Å²) in [5.41, 5.74) is 11.7. The number of pyridine rings is 1. The van der Waals surface area contributed by atoms with E-state index in [0.717, 1.165) is 25.7 Å². The lowest BCUT2D eigenvalue weighted by molar-refractivity contribution is -0.766. The Kier molecular flexibility index (Phi) is 22.9. The number of primary amides is 2. The summed E-state index contributed by atoms with van der Waals surface area (Å²) in [6.07, 6.45) is 7.31. The fourth-order valence-corrected chi connectivity index (χ4v) is 12.8. The summed E-state index contributed by atoms with van der Waals surface area (Å²) in [5, 5.41) is 5.44. The van der Waals surface area contributed by atoms with Crippen LogP contribution in [-0.2, 0) is 70.5 Å². The summed E-state index contributed by atoms with van der Waals surface area (Å²) < 4.78 is 101. The molecular weight excluding hydrogens is 1130 g/mol. The number of nitrogens with zero attached hydrogens (tertiary/aromatic N) is 2. The summed E-state index contributed by atoms with van der Waals surface area (Å²) >= 11 is 0. The van der Waals surface area contributed by atoms with Gasteiger partial charge in [-0.1, -0.05) is 95.9 Å². The lowest BCUT2D eigenvalue weighted by Crippen LogP contribution is -2.46. The summed E-state index contributed by atoms with van der Waals surface area (Å²) in [4.78, 5) is 50.8. The molecule has 2 aromatic carbocycles. The molecule has 0 radical (unpaired) electrons. The van der Waals surface area contributed by atoms with Gasteiger partial charge in [0.15, 0.2) is 36.3 Å². The Morgan fingerprint density at radius 2 is 1.12 bits per heavy atom. The number of carbonyl (C=O) groups is 4. The molecule has 4 saturated heterocycles. The van der Waals surface area contributed by atoms with Crippen LogP contribution in [0.3, 0.4) is 0 Å². The van der Waals surface area contributed by atoms with Gasteiger partial charge in [-0.25, -0.2) is 9.13 Å². The smallest absolute Gasteiger partial charge is 0.459 e. The zero-order valence-electron chi connectivity index (χ0n) is 49.4. The highest BCUT2D eigenvalue weighted by Crippen LogP contribution is 2.49. The summed E-state index contributed by atoms with van der Waals surface area (Å²) in [5.74, 6) is -3.03. The van der Waals surface area contributed by atoms with Gasteiger partial charge in [-0.2, -0.15) is 14.7 Å². The van der Waals surface area contributed by atoms with Crippen LogP contribution in [0.4, 0.5) is 0 Å². The molecular formula is C58H83N6O18P2+. The molecule has 6 N–H and O–H groups in total. The first-order valence-corrected chi connectivity index (χ1v) is 31.6. The van der Waals surface area contributed by atoms with Crippen molar-refractivity contribution in [3.8, 4) is 11.5 Å². The van der Waals surface area contributed by atoms with Crippen molar-refractivity contribution < 1.29 is 88.9 Å². The average molecular weight is 1210 g/mol. The van der Waals surface area contributed by atoms with E-state index in [4.69, 9.17) is 67.5 Å². The van der Waals surface area contributed by atoms with Crippen LogP contribution < -0.4 is 35.3 Å². The molecule has 0 bridgehead atoms. The predicted molar refractivity (Wildman–Crippen MR) is 305 cm³/mol. The minimum Gasteiger partial charge on any atom is -0.464 e. The van der Waals surface area contributed by atoms with Gasteiger partial charge in [-0.15, -0.1) is 0 Å². The third-order valence-corrected chi connectivity index (χ3v) is 17.9. The number of hydrogen-bond acceptors (Lipinski definition) is 19. The Morgan fingerprint density at radius 1 is 0.655 bits per heavy atom. The van der Waals surface area contributed by atoms with Gasteiger partial charge in [-0.05, 0) is 90.1 Å². The molecule has 3 aromatic rings. The third kappa shape index (κ3) is 17.8. The molecule has 1 aromatic heterocycles. The molecule has 26 heteroatoms. The normalized spacial score (nSPS) is 25.9. The van der Waals surface area contributed by atoms with Crippen LogP contribution in [0.1, 0.15) is 118 Å². The second kappa shape index (κ2) is 29.2. The number of rotatable bonds is 28. The zero-order chi connectivity index (χ0) is 61.0. The van der Waals surface area contributed by atoms with Crippen molar-refractivity contribution in [3.63, 3.8) is 0 Å². The van der Waals surface area contributed by atoms with Crippen LogP contribution in [0.15, 0.2) is 109 Å². The fourth-order valence-electron chi connectivity index (χ4n) is 9.80. The van der Waals surface area contributed by atoms with Gasteiger partial charge in [-0.3, -0.25) is 28.2 Å². The van der Waals surface area contributed by atoms with E-state index in [2.05, 4.69) is 10.2 Å². The van der Waals surface area contributed by atoms with Crippen molar-refractivity contribution in [2.24, 2.45) is 23.3 Å². The highest BCUT2D eigenvalue weighted by molar-refractivity contribution is 7.52. The van der Waals surface area contributed by atoms with Crippen LogP contribution in [0.25, 0.3) is 0 Å². The molecule has 462 valence electrons. The number of fused-ring (bicyclic) bond motifs is 2. The number of ether oxygens (including phenoxy) is 8. The van der Waals surface area contributed by atoms with Crippen LogP contribution >= 0.6 is 15.5 Å². The summed E-state index contributed by atoms with van der Waals surface area (Å²) in [7, 11) is -8.28. The Bertz CT molecular complexity index is 2860. The molecule has 5 aliphatic heterocycles. The molecule has 0 spiro atoms. The van der Waals surface area contributed by atoms with Gasteiger partial charge < -0.3 is 63.3 Å². The second-order valence-corrected chi connectivity index (χ2v) is 25.3. The number of benzene rings is 2. The number of nitrogens with two attached hydrogens (primary N) is 2. The fraction of sp³-hybridized carbons (Fsp3) is 0.569.